The van der Waals surface area contributed by atoms with Crippen LogP contribution in [0.15, 0.2) is 18.2 Å². The molecule has 1 fully saturated rings. The molecule has 6 heteroatoms. The van der Waals surface area contributed by atoms with Gasteiger partial charge in [-0.05, 0) is 24.6 Å². The van der Waals surface area contributed by atoms with Gasteiger partial charge in [-0.15, -0.1) is 0 Å². The van der Waals surface area contributed by atoms with E-state index < -0.39 is 11.7 Å². The van der Waals surface area contributed by atoms with E-state index in [2.05, 4.69) is 0 Å². The third-order valence-electron chi connectivity index (χ3n) is 3.17. The Bertz CT molecular complexity index is 434. The van der Waals surface area contributed by atoms with Crippen LogP contribution in [-0.2, 0) is 10.9 Å². The van der Waals surface area contributed by atoms with Gasteiger partial charge in [0.1, 0.15) is 0 Å². The average molecular weight is 260 g/mol. The van der Waals surface area contributed by atoms with Gasteiger partial charge in [0, 0.05) is 20.2 Å². The van der Waals surface area contributed by atoms with Gasteiger partial charge in [0.15, 0.2) is 0 Å². The van der Waals surface area contributed by atoms with Crippen LogP contribution in [0.2, 0.25) is 0 Å². The van der Waals surface area contributed by atoms with Crippen molar-refractivity contribution in [1.82, 2.24) is 0 Å². The van der Waals surface area contributed by atoms with Crippen LogP contribution in [0.3, 0.4) is 0 Å². The van der Waals surface area contributed by atoms with E-state index in [9.17, 15) is 13.2 Å². The molecule has 1 heterocycles. The van der Waals surface area contributed by atoms with Gasteiger partial charge in [-0.25, -0.2) is 0 Å². The first-order valence-electron chi connectivity index (χ1n) is 5.66. The lowest BCUT2D eigenvalue weighted by molar-refractivity contribution is -0.137. The van der Waals surface area contributed by atoms with Crippen molar-refractivity contribution in [3.05, 3.63) is 23.8 Å². The largest absolute Gasteiger partial charge is 0.416 e. The first-order chi connectivity index (χ1) is 8.41. The monoisotopic (exact) mass is 260 g/mol. The zero-order chi connectivity index (χ0) is 13.3. The molecule has 3 nitrogen and oxygen atoms in total. The Morgan fingerprint density at radius 3 is 2.61 bits per heavy atom. The maximum atomic E-state index is 12.5. The van der Waals surface area contributed by atoms with Crippen molar-refractivity contribution in [3.63, 3.8) is 0 Å². The second kappa shape index (κ2) is 4.68. The minimum atomic E-state index is -4.35. The Labute approximate surface area is 103 Å². The number of benzene rings is 1. The summed E-state index contributed by atoms with van der Waals surface area (Å²) in [7, 11) is 1.63. The lowest BCUT2D eigenvalue weighted by Gasteiger charge is -2.21. The van der Waals surface area contributed by atoms with E-state index in [-0.39, 0.29) is 11.8 Å². The predicted octanol–water partition coefficient (Wildman–Crippen LogP) is 2.51. The molecule has 2 N–H and O–H groups in total. The molecular weight excluding hydrogens is 245 g/mol. The molecule has 0 aromatic heterocycles. The third-order valence-corrected chi connectivity index (χ3v) is 3.17. The number of anilines is 2. The van der Waals surface area contributed by atoms with Gasteiger partial charge < -0.3 is 15.4 Å². The molecule has 1 saturated heterocycles. The fraction of sp³-hybridized carbons (Fsp3) is 0.500. The summed E-state index contributed by atoms with van der Waals surface area (Å²) >= 11 is 0. The maximum absolute atomic E-state index is 12.5. The first-order valence-corrected chi connectivity index (χ1v) is 5.66. The Kier molecular flexibility index (Phi) is 3.38. The van der Waals surface area contributed by atoms with Gasteiger partial charge >= 0.3 is 6.18 Å². The van der Waals surface area contributed by atoms with Crippen LogP contribution in [0.4, 0.5) is 24.5 Å². The molecule has 0 aliphatic carbocycles. The second-order valence-electron chi connectivity index (χ2n) is 4.36. The highest BCUT2D eigenvalue weighted by Crippen LogP contribution is 2.35. The molecular formula is C12H15F3N2O. The smallest absolute Gasteiger partial charge is 0.397 e. The van der Waals surface area contributed by atoms with Crippen molar-refractivity contribution in [2.75, 3.05) is 30.8 Å². The molecule has 0 bridgehead atoms. The third kappa shape index (κ3) is 2.53. The van der Waals surface area contributed by atoms with Gasteiger partial charge in [-0.1, -0.05) is 0 Å². The van der Waals surface area contributed by atoms with Crippen molar-refractivity contribution in [2.24, 2.45) is 0 Å². The van der Waals surface area contributed by atoms with Crippen molar-refractivity contribution in [3.8, 4) is 0 Å². The summed E-state index contributed by atoms with van der Waals surface area (Å²) in [5.41, 5.74) is 5.78. The average Bonchev–Trinajstić information content (AvgIpc) is 2.76. The molecule has 2 rings (SSSR count). The number of rotatable bonds is 2. The highest BCUT2D eigenvalue weighted by molar-refractivity contribution is 5.69. The minimum Gasteiger partial charge on any atom is -0.397 e. The normalized spacial score (nSPS) is 20.4. The summed E-state index contributed by atoms with van der Waals surface area (Å²) in [5, 5.41) is 0. The topological polar surface area (TPSA) is 38.5 Å². The summed E-state index contributed by atoms with van der Waals surface area (Å²) in [4.78, 5) is 1.95. The first kappa shape index (κ1) is 13.0. The number of halogens is 3. The highest BCUT2D eigenvalue weighted by Gasteiger charge is 2.31. The second-order valence-corrected chi connectivity index (χ2v) is 4.36. The Hall–Kier alpha value is -1.43. The summed E-state index contributed by atoms with van der Waals surface area (Å²) in [6.07, 6.45) is -3.38. The van der Waals surface area contributed by atoms with Crippen LogP contribution in [-0.4, -0.2) is 26.3 Å². The predicted molar refractivity (Wildman–Crippen MR) is 63.5 cm³/mol. The van der Waals surface area contributed by atoms with Crippen LogP contribution in [0.5, 0.6) is 0 Å². The number of ether oxygens (including phenoxy) is 1. The number of nitrogens with zero attached hydrogens (tertiary/aromatic N) is 1. The van der Waals surface area contributed by atoms with Gasteiger partial charge in [0.2, 0.25) is 0 Å². The molecule has 1 atom stereocenters. The summed E-state index contributed by atoms with van der Waals surface area (Å²) < 4.78 is 42.7. The number of hydrogen-bond acceptors (Lipinski definition) is 3. The lowest BCUT2D eigenvalue weighted by Crippen LogP contribution is -2.23. The van der Waals surface area contributed by atoms with Crippen LogP contribution in [0.25, 0.3) is 0 Å². The molecule has 0 amide bonds. The van der Waals surface area contributed by atoms with Crippen molar-refractivity contribution in [1.29, 1.82) is 0 Å². The summed E-state index contributed by atoms with van der Waals surface area (Å²) in [5.74, 6) is 0. The van der Waals surface area contributed by atoms with Gasteiger partial charge in [-0.2, -0.15) is 13.2 Å². The molecule has 0 spiro atoms. The van der Waals surface area contributed by atoms with Crippen molar-refractivity contribution >= 4 is 11.4 Å². The fourth-order valence-electron chi connectivity index (χ4n) is 2.16. The zero-order valence-electron chi connectivity index (χ0n) is 10.00. The lowest BCUT2D eigenvalue weighted by atomic mass is 10.1. The maximum Gasteiger partial charge on any atom is 0.416 e. The summed E-state index contributed by atoms with van der Waals surface area (Å²) in [6, 6.07) is 3.47. The zero-order valence-corrected chi connectivity index (χ0v) is 10.00. The SMILES string of the molecule is COC1CCN(c2ccc(C(F)(F)F)cc2N)C1. The van der Waals surface area contributed by atoms with E-state index in [4.69, 9.17) is 10.5 Å². The fourth-order valence-corrected chi connectivity index (χ4v) is 2.16. The Morgan fingerprint density at radius 2 is 2.11 bits per heavy atom. The van der Waals surface area contributed by atoms with Crippen molar-refractivity contribution in [2.45, 2.75) is 18.7 Å². The standard InChI is InChI=1S/C12H15F3N2O/c1-18-9-4-5-17(7-9)11-3-2-8(6-10(11)16)12(13,14)15/h2-3,6,9H,4-5,7,16H2,1H3. The Morgan fingerprint density at radius 1 is 1.39 bits per heavy atom. The van der Waals surface area contributed by atoms with Crippen LogP contribution in [0.1, 0.15) is 12.0 Å². The molecule has 1 aliphatic rings. The molecule has 1 aromatic rings. The molecule has 100 valence electrons. The van der Waals surface area contributed by atoms with Crippen LogP contribution in [0, 0.1) is 0 Å². The quantitative estimate of drug-likeness (QED) is 0.830. The molecule has 0 radical (unpaired) electrons. The van der Waals surface area contributed by atoms with Crippen LogP contribution < -0.4 is 10.6 Å². The molecule has 0 saturated carbocycles. The van der Waals surface area contributed by atoms with Gasteiger partial charge in [0.05, 0.1) is 23.0 Å². The van der Waals surface area contributed by atoms with Gasteiger partial charge in [0.25, 0.3) is 0 Å². The minimum absolute atomic E-state index is 0.117. The molecule has 1 unspecified atom stereocenters. The van der Waals surface area contributed by atoms with E-state index in [0.29, 0.717) is 12.2 Å². The number of methoxy groups -OCH3 is 1. The van der Waals surface area contributed by atoms with Gasteiger partial charge in [-0.3, -0.25) is 0 Å². The molecule has 1 aromatic carbocycles. The van der Waals surface area contributed by atoms with E-state index in [0.717, 1.165) is 25.1 Å². The number of hydrogen-bond donors (Lipinski definition) is 1. The number of alkyl halides is 3. The van der Waals surface area contributed by atoms with Crippen molar-refractivity contribution < 1.29 is 17.9 Å². The van der Waals surface area contributed by atoms with Crippen LogP contribution >= 0.6 is 0 Å². The van der Waals surface area contributed by atoms with E-state index >= 15 is 0 Å². The highest BCUT2D eigenvalue weighted by atomic mass is 19.4. The molecule has 1 aliphatic heterocycles. The number of nitrogens with two attached hydrogens (primary N) is 1. The Balaban J connectivity index is 2.21. The van der Waals surface area contributed by atoms with E-state index in [1.54, 1.807) is 7.11 Å². The summed E-state index contributed by atoms with van der Waals surface area (Å²) in [6.45, 7) is 1.40. The van der Waals surface area contributed by atoms with E-state index in [1.165, 1.54) is 6.07 Å². The number of nitrogen functional groups attached to an aromatic ring is 1. The van der Waals surface area contributed by atoms with E-state index in [1.807, 2.05) is 4.90 Å². The molecule has 18 heavy (non-hydrogen) atoms.